The van der Waals surface area contributed by atoms with Crippen LogP contribution >= 0.6 is 0 Å². The Labute approximate surface area is 290 Å². The van der Waals surface area contributed by atoms with Crippen molar-refractivity contribution in [2.75, 3.05) is 33.9 Å². The van der Waals surface area contributed by atoms with Crippen molar-refractivity contribution in [3.8, 4) is 34.4 Å². The third kappa shape index (κ3) is 7.55. The van der Waals surface area contributed by atoms with Crippen molar-refractivity contribution in [2.24, 2.45) is 12.5 Å². The lowest BCUT2D eigenvalue weighted by Gasteiger charge is -2.37. The van der Waals surface area contributed by atoms with Crippen LogP contribution < -0.4 is 19.8 Å². The van der Waals surface area contributed by atoms with E-state index in [2.05, 4.69) is 17.0 Å². The van der Waals surface area contributed by atoms with Gasteiger partial charge in [0.15, 0.2) is 0 Å². The number of hydrogen-bond acceptors (Lipinski definition) is 7. The van der Waals surface area contributed by atoms with Crippen LogP contribution in [0.3, 0.4) is 0 Å². The van der Waals surface area contributed by atoms with E-state index in [-0.39, 0.29) is 34.6 Å². The molecule has 0 bridgehead atoms. The van der Waals surface area contributed by atoms with E-state index in [0.29, 0.717) is 19.5 Å². The maximum atomic E-state index is 13.4. The SMILES string of the molecule is COc1cc(-c2cn(C)c(=O)c(C)c2C)cc(OC)c1CN1CCC(Oc2cccc3c2CCN(C(=O)C(C#N)=CC(C)(C)C)C3C)CC1. The number of fused-ring (bicyclic) bond motifs is 1. The van der Waals surface area contributed by atoms with Crippen molar-refractivity contribution >= 4 is 5.91 Å². The fourth-order valence-electron chi connectivity index (χ4n) is 7.10. The highest BCUT2D eigenvalue weighted by molar-refractivity contribution is 5.97. The highest BCUT2D eigenvalue weighted by Crippen LogP contribution is 2.39. The van der Waals surface area contributed by atoms with Gasteiger partial charge in [0, 0.05) is 56.1 Å². The Hall–Kier alpha value is -4.55. The van der Waals surface area contributed by atoms with Crippen LogP contribution in [0.2, 0.25) is 0 Å². The fraction of sp³-hybridized carbons (Fsp3) is 0.475. The first-order valence-electron chi connectivity index (χ1n) is 17.1. The number of piperidine rings is 1. The summed E-state index contributed by atoms with van der Waals surface area (Å²) in [6.07, 6.45) is 6.17. The predicted octanol–water partition coefficient (Wildman–Crippen LogP) is 6.67. The Kier molecular flexibility index (Phi) is 10.6. The molecular formula is C40H50N4O5. The van der Waals surface area contributed by atoms with Gasteiger partial charge in [0.25, 0.3) is 11.5 Å². The van der Waals surface area contributed by atoms with Crippen LogP contribution in [0, 0.1) is 30.6 Å². The Morgan fingerprint density at radius 3 is 2.27 bits per heavy atom. The van der Waals surface area contributed by atoms with Crippen molar-refractivity contribution < 1.29 is 19.0 Å². The summed E-state index contributed by atoms with van der Waals surface area (Å²) in [5, 5.41) is 9.73. The molecule has 1 saturated heterocycles. The number of aromatic nitrogens is 1. The lowest BCUT2D eigenvalue weighted by Crippen LogP contribution is -2.40. The monoisotopic (exact) mass is 666 g/mol. The minimum atomic E-state index is -0.263. The van der Waals surface area contributed by atoms with E-state index in [1.165, 1.54) is 0 Å². The highest BCUT2D eigenvalue weighted by Gasteiger charge is 2.32. The number of pyridine rings is 1. The lowest BCUT2D eigenvalue weighted by atomic mass is 9.90. The van der Waals surface area contributed by atoms with Crippen molar-refractivity contribution in [1.82, 2.24) is 14.4 Å². The van der Waals surface area contributed by atoms with Gasteiger partial charge < -0.3 is 23.7 Å². The number of carbonyl (C=O) groups excluding carboxylic acids is 1. The molecule has 9 heteroatoms. The number of carbonyl (C=O) groups is 1. The van der Waals surface area contributed by atoms with E-state index in [0.717, 1.165) is 82.1 Å². The summed E-state index contributed by atoms with van der Waals surface area (Å²) >= 11 is 0. The smallest absolute Gasteiger partial charge is 0.264 e. The van der Waals surface area contributed by atoms with E-state index in [9.17, 15) is 14.9 Å². The first kappa shape index (κ1) is 35.7. The van der Waals surface area contributed by atoms with Crippen molar-refractivity contribution in [2.45, 2.75) is 79.5 Å². The van der Waals surface area contributed by atoms with E-state index < -0.39 is 0 Å². The number of aryl methyl sites for hydroxylation is 1. The molecular weight excluding hydrogens is 616 g/mol. The second-order valence-corrected chi connectivity index (χ2v) is 14.4. The Morgan fingerprint density at radius 2 is 1.67 bits per heavy atom. The summed E-state index contributed by atoms with van der Waals surface area (Å²) in [5.74, 6) is 2.19. The van der Waals surface area contributed by atoms with Gasteiger partial charge in [-0.3, -0.25) is 14.5 Å². The van der Waals surface area contributed by atoms with E-state index in [4.69, 9.17) is 14.2 Å². The van der Waals surface area contributed by atoms with Gasteiger partial charge in [-0.1, -0.05) is 39.0 Å². The van der Waals surface area contributed by atoms with Crippen LogP contribution in [0.25, 0.3) is 11.1 Å². The van der Waals surface area contributed by atoms with Gasteiger partial charge in [-0.05, 0) is 80.3 Å². The molecule has 1 atom stereocenters. The summed E-state index contributed by atoms with van der Waals surface area (Å²) in [6, 6.07) is 12.2. The topological polar surface area (TPSA) is 97.0 Å². The zero-order valence-electron chi connectivity index (χ0n) is 30.5. The minimum absolute atomic E-state index is 0.00357. The van der Waals surface area contributed by atoms with Crippen LogP contribution in [-0.2, 0) is 24.8 Å². The summed E-state index contributed by atoms with van der Waals surface area (Å²) in [7, 11) is 5.14. The summed E-state index contributed by atoms with van der Waals surface area (Å²) < 4.78 is 20.1. The third-order valence-electron chi connectivity index (χ3n) is 9.94. The molecule has 1 amide bonds. The molecule has 0 saturated carbocycles. The molecule has 0 aliphatic carbocycles. The molecule has 1 aromatic heterocycles. The first-order valence-corrected chi connectivity index (χ1v) is 17.1. The quantitative estimate of drug-likeness (QED) is 0.196. The molecule has 3 aromatic rings. The summed E-state index contributed by atoms with van der Waals surface area (Å²) in [6.45, 7) is 14.8. The first-order chi connectivity index (χ1) is 23.3. The van der Waals surface area contributed by atoms with Crippen LogP contribution in [0.15, 0.2) is 53.0 Å². The zero-order valence-corrected chi connectivity index (χ0v) is 30.5. The van der Waals surface area contributed by atoms with Crippen LogP contribution in [0.1, 0.15) is 74.4 Å². The normalized spacial score (nSPS) is 17.3. The molecule has 2 aliphatic rings. The third-order valence-corrected chi connectivity index (χ3v) is 9.94. The van der Waals surface area contributed by atoms with E-state index >= 15 is 0 Å². The molecule has 3 heterocycles. The van der Waals surface area contributed by atoms with Crippen molar-refractivity contribution in [3.63, 3.8) is 0 Å². The van der Waals surface area contributed by atoms with E-state index in [1.807, 2.05) is 76.9 Å². The number of allylic oxidation sites excluding steroid dienone is 1. The predicted molar refractivity (Wildman–Crippen MR) is 192 cm³/mol. The summed E-state index contributed by atoms with van der Waals surface area (Å²) in [4.78, 5) is 30.1. The number of nitrogens with zero attached hydrogens (tertiary/aromatic N) is 4. The van der Waals surface area contributed by atoms with Crippen LogP contribution in [0.5, 0.6) is 17.2 Å². The molecule has 0 radical (unpaired) electrons. The van der Waals surface area contributed by atoms with Gasteiger partial charge in [-0.2, -0.15) is 5.26 Å². The molecule has 9 nitrogen and oxygen atoms in total. The molecule has 2 aliphatic heterocycles. The Bertz CT molecular complexity index is 1830. The maximum absolute atomic E-state index is 13.4. The molecule has 0 N–H and O–H groups in total. The number of benzene rings is 2. The molecule has 260 valence electrons. The van der Waals surface area contributed by atoms with Crippen molar-refractivity contribution in [3.05, 3.63) is 86.3 Å². The molecule has 1 unspecified atom stereocenters. The molecule has 2 aromatic carbocycles. The van der Waals surface area contributed by atoms with Gasteiger partial charge in [0.1, 0.15) is 35.0 Å². The second-order valence-electron chi connectivity index (χ2n) is 14.4. The second kappa shape index (κ2) is 14.5. The van der Waals surface area contributed by atoms with Gasteiger partial charge in [-0.25, -0.2) is 0 Å². The minimum Gasteiger partial charge on any atom is -0.496 e. The van der Waals surface area contributed by atoms with Gasteiger partial charge in [-0.15, -0.1) is 0 Å². The largest absolute Gasteiger partial charge is 0.496 e. The maximum Gasteiger partial charge on any atom is 0.264 e. The standard InChI is InChI=1S/C40H50N4O5/c1-25-26(2)38(45)42(7)23-33(25)28-19-36(47-8)34(37(20-28)48-9)24-43-16-13-30(14-17-43)49-35-12-10-11-31-27(3)44(18-15-32(31)35)39(46)29(22-41)21-40(4,5)6/h10-12,19-21,23,27,30H,13-18,24H2,1-9H3. The average Bonchev–Trinajstić information content (AvgIpc) is 3.08. The molecule has 0 spiro atoms. The number of nitriles is 1. The molecule has 1 fully saturated rings. The van der Waals surface area contributed by atoms with E-state index in [1.54, 1.807) is 31.9 Å². The number of rotatable bonds is 8. The van der Waals surface area contributed by atoms with Crippen LogP contribution in [-0.4, -0.2) is 60.2 Å². The fourth-order valence-corrected chi connectivity index (χ4v) is 7.10. The Balaban J connectivity index is 1.27. The number of hydrogen-bond donors (Lipinski definition) is 0. The summed E-state index contributed by atoms with van der Waals surface area (Å²) in [5.41, 5.74) is 6.76. The number of methoxy groups -OCH3 is 2. The molecule has 49 heavy (non-hydrogen) atoms. The van der Waals surface area contributed by atoms with Gasteiger partial charge in [0.2, 0.25) is 0 Å². The van der Waals surface area contributed by atoms with Crippen LogP contribution in [0.4, 0.5) is 0 Å². The van der Waals surface area contributed by atoms with Gasteiger partial charge in [0.05, 0.1) is 25.8 Å². The number of likely N-dealkylation sites (tertiary alicyclic amines) is 1. The Morgan fingerprint density at radius 1 is 1.02 bits per heavy atom. The highest BCUT2D eigenvalue weighted by atomic mass is 16.5. The molecule has 5 rings (SSSR count). The lowest BCUT2D eigenvalue weighted by molar-refractivity contribution is -0.129. The van der Waals surface area contributed by atoms with Gasteiger partial charge >= 0.3 is 0 Å². The zero-order chi connectivity index (χ0) is 35.6. The number of ether oxygens (including phenoxy) is 3. The van der Waals surface area contributed by atoms with Crippen molar-refractivity contribution in [1.29, 1.82) is 5.26 Å². The number of amides is 1. The average molecular weight is 667 g/mol.